The van der Waals surface area contributed by atoms with Crippen LogP contribution in [-0.4, -0.2) is 47.0 Å². The first-order valence-electron chi connectivity index (χ1n) is 8.32. The molecule has 1 aliphatic rings. The van der Waals surface area contributed by atoms with Gasteiger partial charge in [-0.15, -0.1) is 0 Å². The number of nitrogens with zero attached hydrogens (tertiary/aromatic N) is 4. The van der Waals surface area contributed by atoms with E-state index in [0.29, 0.717) is 48.5 Å². The first-order valence-corrected chi connectivity index (χ1v) is 9.12. The lowest BCUT2D eigenvalue weighted by atomic mass is 10.1. The fourth-order valence-corrected chi connectivity index (χ4v) is 3.45. The van der Waals surface area contributed by atoms with E-state index in [1.807, 2.05) is 35.2 Å². The van der Waals surface area contributed by atoms with Crippen molar-refractivity contribution in [2.45, 2.75) is 0 Å². The number of aromatic nitrogens is 2. The van der Waals surface area contributed by atoms with Crippen molar-refractivity contribution in [3.05, 3.63) is 64.6 Å². The van der Waals surface area contributed by atoms with E-state index in [1.54, 1.807) is 6.07 Å². The highest BCUT2D eigenvalue weighted by atomic mass is 79.9. The fourth-order valence-electron chi connectivity index (χ4n) is 3.19. The number of piperazine rings is 1. The van der Waals surface area contributed by atoms with Gasteiger partial charge >= 0.3 is 0 Å². The summed E-state index contributed by atoms with van der Waals surface area (Å²) in [5.74, 6) is 0.385. The number of para-hydroxylation sites is 1. The molecule has 26 heavy (non-hydrogen) atoms. The van der Waals surface area contributed by atoms with E-state index < -0.39 is 0 Å². The zero-order chi connectivity index (χ0) is 18.1. The Hall–Kier alpha value is -2.54. The molecule has 0 saturated carbocycles. The highest BCUT2D eigenvalue weighted by Crippen LogP contribution is 2.25. The minimum absolute atomic E-state index is 0.0238. The molecule has 0 bridgehead atoms. The summed E-state index contributed by atoms with van der Waals surface area (Å²) >= 11 is 3.38. The molecule has 3 aromatic rings. The summed E-state index contributed by atoms with van der Waals surface area (Å²) in [6.07, 6.45) is 1.39. The first-order chi connectivity index (χ1) is 12.6. The van der Waals surface area contributed by atoms with Gasteiger partial charge in [-0.3, -0.25) is 4.79 Å². The molecule has 0 spiro atoms. The molecule has 1 fully saturated rings. The van der Waals surface area contributed by atoms with Crippen LogP contribution in [0.5, 0.6) is 0 Å². The lowest BCUT2D eigenvalue weighted by Gasteiger charge is -2.35. The van der Waals surface area contributed by atoms with Crippen molar-refractivity contribution >= 4 is 38.6 Å². The van der Waals surface area contributed by atoms with E-state index in [4.69, 9.17) is 0 Å². The van der Waals surface area contributed by atoms with Gasteiger partial charge in [-0.25, -0.2) is 14.4 Å². The van der Waals surface area contributed by atoms with E-state index >= 15 is 0 Å². The van der Waals surface area contributed by atoms with Crippen LogP contribution in [0.3, 0.4) is 0 Å². The third-order valence-corrected chi connectivity index (χ3v) is 5.08. The number of benzene rings is 2. The maximum absolute atomic E-state index is 14.0. The maximum Gasteiger partial charge on any atom is 0.253 e. The lowest BCUT2D eigenvalue weighted by molar-refractivity contribution is 0.0746. The molecule has 5 nitrogen and oxygen atoms in total. The fraction of sp³-hybridized carbons (Fsp3) is 0.211. The van der Waals surface area contributed by atoms with Gasteiger partial charge < -0.3 is 9.80 Å². The molecule has 0 atom stereocenters. The first kappa shape index (κ1) is 16.9. The lowest BCUT2D eigenvalue weighted by Crippen LogP contribution is -2.49. The van der Waals surface area contributed by atoms with Crippen molar-refractivity contribution in [1.82, 2.24) is 14.9 Å². The van der Waals surface area contributed by atoms with Crippen LogP contribution < -0.4 is 4.90 Å². The van der Waals surface area contributed by atoms with Crippen LogP contribution in [0.1, 0.15) is 10.4 Å². The van der Waals surface area contributed by atoms with E-state index in [1.165, 1.54) is 12.4 Å². The summed E-state index contributed by atoms with van der Waals surface area (Å²) in [7, 11) is 0. The molecule has 132 valence electrons. The van der Waals surface area contributed by atoms with Crippen LogP contribution in [0.25, 0.3) is 10.9 Å². The van der Waals surface area contributed by atoms with Gasteiger partial charge in [0.2, 0.25) is 0 Å². The molecule has 0 radical (unpaired) electrons. The summed E-state index contributed by atoms with van der Waals surface area (Å²) in [5, 5.41) is 0.695. The van der Waals surface area contributed by atoms with E-state index in [0.717, 1.165) is 4.47 Å². The predicted octanol–water partition coefficient (Wildman–Crippen LogP) is 3.49. The molecule has 0 N–H and O–H groups in total. The second-order valence-corrected chi connectivity index (χ2v) is 7.04. The van der Waals surface area contributed by atoms with Crippen molar-refractivity contribution < 1.29 is 9.18 Å². The van der Waals surface area contributed by atoms with Gasteiger partial charge in [0, 0.05) is 41.6 Å². The van der Waals surface area contributed by atoms with Crippen molar-refractivity contribution in [2.75, 3.05) is 31.1 Å². The van der Waals surface area contributed by atoms with Crippen molar-refractivity contribution in [2.24, 2.45) is 0 Å². The monoisotopic (exact) mass is 414 g/mol. The van der Waals surface area contributed by atoms with Crippen molar-refractivity contribution in [3.8, 4) is 0 Å². The quantitative estimate of drug-likeness (QED) is 0.643. The van der Waals surface area contributed by atoms with Crippen molar-refractivity contribution in [3.63, 3.8) is 0 Å². The van der Waals surface area contributed by atoms with Gasteiger partial charge in [-0.05, 0) is 36.4 Å². The van der Waals surface area contributed by atoms with Crippen LogP contribution in [0.2, 0.25) is 0 Å². The second kappa shape index (κ2) is 6.99. The van der Waals surface area contributed by atoms with Gasteiger partial charge in [0.1, 0.15) is 23.5 Å². The summed E-state index contributed by atoms with van der Waals surface area (Å²) in [5.41, 5.74) is 1.00. The van der Waals surface area contributed by atoms with E-state index in [9.17, 15) is 9.18 Å². The number of halogens is 2. The third kappa shape index (κ3) is 3.14. The molecule has 0 unspecified atom stereocenters. The number of carbonyl (C=O) groups is 1. The predicted molar refractivity (Wildman–Crippen MR) is 102 cm³/mol. The summed E-state index contributed by atoms with van der Waals surface area (Å²) in [6.45, 7) is 2.47. The van der Waals surface area contributed by atoms with Crippen molar-refractivity contribution in [1.29, 1.82) is 0 Å². The zero-order valence-electron chi connectivity index (χ0n) is 13.9. The molecule has 2 aromatic carbocycles. The average molecular weight is 415 g/mol. The number of rotatable bonds is 2. The number of hydrogen-bond acceptors (Lipinski definition) is 4. The van der Waals surface area contributed by atoms with Gasteiger partial charge in [0.15, 0.2) is 0 Å². The van der Waals surface area contributed by atoms with Crippen LogP contribution in [0.4, 0.5) is 10.2 Å². The Bertz CT molecular complexity index is 955. The van der Waals surface area contributed by atoms with Gasteiger partial charge in [-0.2, -0.15) is 0 Å². The highest BCUT2D eigenvalue weighted by Gasteiger charge is 2.24. The van der Waals surface area contributed by atoms with E-state index in [-0.39, 0.29) is 11.7 Å². The minimum Gasteiger partial charge on any atom is -0.352 e. The number of amides is 1. The van der Waals surface area contributed by atoms with Crippen LogP contribution in [-0.2, 0) is 0 Å². The highest BCUT2D eigenvalue weighted by molar-refractivity contribution is 9.10. The average Bonchev–Trinajstić information content (AvgIpc) is 2.68. The smallest absolute Gasteiger partial charge is 0.253 e. The molecule has 1 saturated heterocycles. The molecule has 2 heterocycles. The Morgan fingerprint density at radius 1 is 1.00 bits per heavy atom. The maximum atomic E-state index is 14.0. The third-order valence-electron chi connectivity index (χ3n) is 4.55. The summed E-state index contributed by atoms with van der Waals surface area (Å²) in [4.78, 5) is 24.9. The Kier molecular flexibility index (Phi) is 4.55. The van der Waals surface area contributed by atoms with Gasteiger partial charge in [0.25, 0.3) is 5.91 Å². The topological polar surface area (TPSA) is 49.3 Å². The molecule has 0 aliphatic carbocycles. The minimum atomic E-state index is -0.352. The molecular weight excluding hydrogens is 399 g/mol. The largest absolute Gasteiger partial charge is 0.352 e. The summed E-state index contributed by atoms with van der Waals surface area (Å²) in [6, 6.07) is 12.3. The number of hydrogen-bond donors (Lipinski definition) is 0. The Balaban J connectivity index is 1.51. The Morgan fingerprint density at radius 2 is 1.73 bits per heavy atom. The Labute approximate surface area is 158 Å². The number of fused-ring (bicyclic) bond motifs is 1. The Morgan fingerprint density at radius 3 is 2.46 bits per heavy atom. The zero-order valence-corrected chi connectivity index (χ0v) is 15.5. The number of anilines is 1. The molecule has 1 aliphatic heterocycles. The number of carbonyl (C=O) groups excluding carboxylic acids is 1. The standard InChI is InChI=1S/C19H16BrFN4O/c20-14-6-4-13(5-7-14)19(26)25-10-8-24(9-11-25)18-15-2-1-3-16(21)17(15)22-12-23-18/h1-7,12H,8-11H2. The SMILES string of the molecule is O=C(c1ccc(Br)cc1)N1CCN(c2ncnc3c(F)cccc23)CC1. The molecular formula is C19H16BrFN4O. The molecule has 4 rings (SSSR count). The summed E-state index contributed by atoms with van der Waals surface area (Å²) < 4.78 is 14.9. The van der Waals surface area contributed by atoms with Crippen LogP contribution >= 0.6 is 15.9 Å². The van der Waals surface area contributed by atoms with Crippen LogP contribution in [0.15, 0.2) is 53.3 Å². The molecule has 1 amide bonds. The molecule has 1 aromatic heterocycles. The second-order valence-electron chi connectivity index (χ2n) is 6.12. The van der Waals surface area contributed by atoms with Gasteiger partial charge in [-0.1, -0.05) is 22.0 Å². The van der Waals surface area contributed by atoms with Gasteiger partial charge in [0.05, 0.1) is 0 Å². The van der Waals surface area contributed by atoms with E-state index in [2.05, 4.69) is 30.8 Å². The molecule has 7 heteroatoms. The van der Waals surface area contributed by atoms with Crippen LogP contribution in [0, 0.1) is 5.82 Å². The normalized spacial score (nSPS) is 14.7.